The van der Waals surface area contributed by atoms with Crippen LogP contribution in [-0.2, 0) is 4.79 Å². The molecule has 0 aliphatic carbocycles. The van der Waals surface area contributed by atoms with Crippen molar-refractivity contribution in [3.8, 4) is 5.75 Å². The maximum Gasteiger partial charge on any atom is 0.266 e. The van der Waals surface area contributed by atoms with Crippen LogP contribution in [0.2, 0.25) is 5.02 Å². The summed E-state index contributed by atoms with van der Waals surface area (Å²) in [4.78, 5) is 23.4. The monoisotopic (exact) mass is 323 g/mol. The number of carbonyl (C=O) groups excluding carboxylic acids is 2. The standard InChI is InChI=1S/C14H14ClN3O4/c1-7-5-12(18-22-7)17-14(20)8(2)21-11-4-3-9(15)6-10(11)13(16)19/h3-6,8H,1-2H3,(H2,16,19)(H,17,18,20)/t8-/m0/s1. The minimum atomic E-state index is -0.878. The van der Waals surface area contributed by atoms with Crippen molar-refractivity contribution < 1.29 is 18.8 Å². The first-order valence-electron chi connectivity index (χ1n) is 6.37. The van der Waals surface area contributed by atoms with Crippen molar-refractivity contribution in [2.45, 2.75) is 20.0 Å². The molecule has 0 aliphatic rings. The van der Waals surface area contributed by atoms with E-state index in [9.17, 15) is 9.59 Å². The van der Waals surface area contributed by atoms with Gasteiger partial charge in [0.05, 0.1) is 5.56 Å². The van der Waals surface area contributed by atoms with Crippen LogP contribution in [0.1, 0.15) is 23.0 Å². The Hall–Kier alpha value is -2.54. The van der Waals surface area contributed by atoms with Crippen LogP contribution >= 0.6 is 11.6 Å². The van der Waals surface area contributed by atoms with Crippen LogP contribution in [0.15, 0.2) is 28.8 Å². The van der Waals surface area contributed by atoms with Crippen LogP contribution in [0.3, 0.4) is 0 Å². The topological polar surface area (TPSA) is 107 Å². The second kappa shape index (κ2) is 6.48. The Kier molecular flexibility index (Phi) is 4.67. The van der Waals surface area contributed by atoms with Crippen LogP contribution in [0.4, 0.5) is 5.82 Å². The zero-order valence-electron chi connectivity index (χ0n) is 11.9. The molecule has 2 aromatic rings. The number of nitrogens with zero attached hydrogens (tertiary/aromatic N) is 1. The lowest BCUT2D eigenvalue weighted by Crippen LogP contribution is -2.31. The molecule has 1 atom stereocenters. The number of hydrogen-bond acceptors (Lipinski definition) is 5. The third-order valence-corrected chi connectivity index (χ3v) is 2.99. The van der Waals surface area contributed by atoms with Gasteiger partial charge in [-0.2, -0.15) is 0 Å². The Balaban J connectivity index is 2.09. The fourth-order valence-corrected chi connectivity index (χ4v) is 1.87. The van der Waals surface area contributed by atoms with Crippen molar-refractivity contribution in [2.24, 2.45) is 5.73 Å². The summed E-state index contributed by atoms with van der Waals surface area (Å²) in [6.07, 6.45) is -0.878. The highest BCUT2D eigenvalue weighted by Crippen LogP contribution is 2.23. The van der Waals surface area contributed by atoms with E-state index in [-0.39, 0.29) is 17.1 Å². The quantitative estimate of drug-likeness (QED) is 0.876. The second-order valence-electron chi connectivity index (χ2n) is 4.58. The van der Waals surface area contributed by atoms with Gasteiger partial charge in [-0.3, -0.25) is 9.59 Å². The summed E-state index contributed by atoms with van der Waals surface area (Å²) in [7, 11) is 0. The van der Waals surface area contributed by atoms with Crippen molar-refractivity contribution in [2.75, 3.05) is 5.32 Å². The molecule has 0 spiro atoms. The number of rotatable bonds is 5. The van der Waals surface area contributed by atoms with Crippen molar-refractivity contribution in [3.05, 3.63) is 40.6 Å². The first-order chi connectivity index (χ1) is 10.4. The van der Waals surface area contributed by atoms with Gasteiger partial charge in [-0.1, -0.05) is 16.8 Å². The maximum atomic E-state index is 12.0. The van der Waals surface area contributed by atoms with E-state index in [1.165, 1.54) is 25.1 Å². The predicted molar refractivity (Wildman–Crippen MR) is 79.9 cm³/mol. The number of nitrogens with two attached hydrogens (primary N) is 1. The van der Waals surface area contributed by atoms with Gasteiger partial charge < -0.3 is 20.3 Å². The number of anilines is 1. The number of amides is 2. The Morgan fingerprint density at radius 2 is 2.14 bits per heavy atom. The van der Waals surface area contributed by atoms with Gasteiger partial charge in [0.2, 0.25) is 0 Å². The van der Waals surface area contributed by atoms with Gasteiger partial charge in [0, 0.05) is 11.1 Å². The summed E-state index contributed by atoms with van der Waals surface area (Å²) < 4.78 is 10.3. The van der Waals surface area contributed by atoms with Crippen molar-refractivity contribution >= 4 is 29.2 Å². The smallest absolute Gasteiger partial charge is 0.266 e. The number of carbonyl (C=O) groups is 2. The van der Waals surface area contributed by atoms with Crippen LogP contribution in [0.5, 0.6) is 5.75 Å². The molecule has 0 unspecified atom stereocenters. The lowest BCUT2D eigenvalue weighted by atomic mass is 10.2. The number of ether oxygens (including phenoxy) is 1. The minimum absolute atomic E-state index is 0.101. The van der Waals surface area contributed by atoms with E-state index in [4.69, 9.17) is 26.6 Å². The van der Waals surface area contributed by atoms with Gasteiger partial charge >= 0.3 is 0 Å². The molecule has 3 N–H and O–H groups in total. The maximum absolute atomic E-state index is 12.0. The molecule has 116 valence electrons. The normalized spacial score (nSPS) is 11.8. The lowest BCUT2D eigenvalue weighted by molar-refractivity contribution is -0.122. The Morgan fingerprint density at radius 1 is 1.41 bits per heavy atom. The van der Waals surface area contributed by atoms with Gasteiger partial charge in [0.25, 0.3) is 11.8 Å². The van der Waals surface area contributed by atoms with Gasteiger partial charge in [-0.25, -0.2) is 0 Å². The molecule has 1 aromatic carbocycles. The first-order valence-corrected chi connectivity index (χ1v) is 6.75. The SMILES string of the molecule is Cc1cc(NC(=O)[C@H](C)Oc2ccc(Cl)cc2C(N)=O)no1. The second-order valence-corrected chi connectivity index (χ2v) is 5.01. The molecular weight excluding hydrogens is 310 g/mol. The largest absolute Gasteiger partial charge is 0.480 e. The highest BCUT2D eigenvalue weighted by Gasteiger charge is 2.19. The van der Waals surface area contributed by atoms with Crippen LogP contribution < -0.4 is 15.8 Å². The predicted octanol–water partition coefficient (Wildman–Crippen LogP) is 2.14. The molecule has 7 nitrogen and oxygen atoms in total. The van der Waals surface area contributed by atoms with Gasteiger partial charge in [-0.05, 0) is 32.0 Å². The molecule has 0 aliphatic heterocycles. The Morgan fingerprint density at radius 3 is 2.73 bits per heavy atom. The van der Waals surface area contributed by atoms with Gasteiger partial charge in [0.15, 0.2) is 11.9 Å². The summed E-state index contributed by atoms with van der Waals surface area (Å²) in [5.41, 5.74) is 5.36. The molecule has 8 heteroatoms. The number of aryl methyl sites for hydroxylation is 1. The molecule has 0 fully saturated rings. The molecule has 0 radical (unpaired) electrons. The van der Waals surface area contributed by atoms with Crippen LogP contribution in [0.25, 0.3) is 0 Å². The van der Waals surface area contributed by atoms with E-state index in [0.717, 1.165) is 0 Å². The lowest BCUT2D eigenvalue weighted by Gasteiger charge is -2.15. The molecule has 0 bridgehead atoms. The van der Waals surface area contributed by atoms with Crippen molar-refractivity contribution in [1.29, 1.82) is 0 Å². The zero-order chi connectivity index (χ0) is 16.3. The number of hydrogen-bond donors (Lipinski definition) is 2. The van der Waals surface area contributed by atoms with Crippen LogP contribution in [-0.4, -0.2) is 23.1 Å². The van der Waals surface area contributed by atoms with E-state index in [0.29, 0.717) is 10.8 Å². The average Bonchev–Trinajstić information content (AvgIpc) is 2.85. The minimum Gasteiger partial charge on any atom is -0.480 e. The Bertz CT molecular complexity index is 714. The fourth-order valence-electron chi connectivity index (χ4n) is 1.69. The van der Waals surface area contributed by atoms with E-state index in [2.05, 4.69) is 10.5 Å². The summed E-state index contributed by atoms with van der Waals surface area (Å²) in [6.45, 7) is 3.23. The molecule has 22 heavy (non-hydrogen) atoms. The molecule has 1 aromatic heterocycles. The number of benzene rings is 1. The molecule has 0 saturated heterocycles. The Labute approximate surface area is 131 Å². The summed E-state index contributed by atoms with van der Waals surface area (Å²) in [5, 5.41) is 6.52. The third kappa shape index (κ3) is 3.76. The van der Waals surface area contributed by atoms with Crippen LogP contribution in [0, 0.1) is 6.92 Å². The number of aromatic nitrogens is 1. The molecule has 2 rings (SSSR count). The highest BCUT2D eigenvalue weighted by molar-refractivity contribution is 6.31. The van der Waals surface area contributed by atoms with E-state index < -0.39 is 17.9 Å². The van der Waals surface area contributed by atoms with Crippen molar-refractivity contribution in [3.63, 3.8) is 0 Å². The highest BCUT2D eigenvalue weighted by atomic mass is 35.5. The molecule has 0 saturated carbocycles. The molecule has 1 heterocycles. The molecule has 2 amide bonds. The van der Waals surface area contributed by atoms with E-state index >= 15 is 0 Å². The number of nitrogens with one attached hydrogen (secondary N) is 1. The van der Waals surface area contributed by atoms with Gasteiger partial charge in [-0.15, -0.1) is 0 Å². The average molecular weight is 324 g/mol. The van der Waals surface area contributed by atoms with Gasteiger partial charge in [0.1, 0.15) is 11.5 Å². The summed E-state index contributed by atoms with van der Waals surface area (Å²) in [6, 6.07) is 5.97. The number of primary amides is 1. The first kappa shape index (κ1) is 15.8. The third-order valence-electron chi connectivity index (χ3n) is 2.76. The molecular formula is C14H14ClN3O4. The fraction of sp³-hybridized carbons (Fsp3) is 0.214. The summed E-state index contributed by atoms with van der Waals surface area (Å²) in [5.74, 6) is -0.117. The summed E-state index contributed by atoms with van der Waals surface area (Å²) >= 11 is 5.81. The zero-order valence-corrected chi connectivity index (χ0v) is 12.7. The van der Waals surface area contributed by atoms with Crippen molar-refractivity contribution in [1.82, 2.24) is 5.16 Å². The number of halogens is 1. The van der Waals surface area contributed by atoms with E-state index in [1.807, 2.05) is 0 Å². The van der Waals surface area contributed by atoms with E-state index in [1.54, 1.807) is 13.0 Å².